The van der Waals surface area contributed by atoms with Crippen LogP contribution in [0.3, 0.4) is 0 Å². The molecule has 0 bridgehead atoms. The molecule has 1 heterocycles. The Morgan fingerprint density at radius 1 is 1.64 bits per heavy atom. The van der Waals surface area contributed by atoms with Crippen molar-refractivity contribution in [2.24, 2.45) is 0 Å². The van der Waals surface area contributed by atoms with Gasteiger partial charge in [-0.15, -0.1) is 0 Å². The first-order valence-electron chi connectivity index (χ1n) is 3.14. The molecule has 1 fully saturated rings. The van der Waals surface area contributed by atoms with Crippen molar-refractivity contribution in [2.75, 3.05) is 0 Å². The molecule has 11 heavy (non-hydrogen) atoms. The smallest absolute Gasteiger partial charge is 0.337 e. The number of ether oxygens (including phenoxy) is 2. The molecule has 0 radical (unpaired) electrons. The largest absolute Gasteiger partial charge is 0.428 e. The Bertz CT molecular complexity index is 183. The fourth-order valence-corrected chi connectivity index (χ4v) is 0.994. The highest BCUT2D eigenvalue weighted by atomic mass is 35.5. The number of carbonyl (C=O) groups excluding carboxylic acids is 1. The molecule has 0 amide bonds. The maximum Gasteiger partial charge on any atom is 0.337 e. The monoisotopic (exact) mass is 198 g/mol. The summed E-state index contributed by atoms with van der Waals surface area (Å²) in [5.41, 5.74) is 0. The first-order chi connectivity index (χ1) is 4.96. The van der Waals surface area contributed by atoms with Crippen molar-refractivity contribution in [3.05, 3.63) is 0 Å². The van der Waals surface area contributed by atoms with E-state index >= 15 is 0 Å². The Morgan fingerprint density at radius 3 is 2.36 bits per heavy atom. The van der Waals surface area contributed by atoms with Gasteiger partial charge >= 0.3 is 5.97 Å². The highest BCUT2D eigenvalue weighted by Crippen LogP contribution is 2.32. The van der Waals surface area contributed by atoms with Crippen LogP contribution in [0.4, 0.5) is 0 Å². The molecule has 0 aromatic heterocycles. The molecule has 2 atom stereocenters. The van der Waals surface area contributed by atoms with E-state index in [-0.39, 0.29) is 0 Å². The number of alkyl halides is 2. The lowest BCUT2D eigenvalue weighted by Crippen LogP contribution is -2.34. The van der Waals surface area contributed by atoms with Gasteiger partial charge in [0.15, 0.2) is 10.9 Å². The minimum absolute atomic E-state index is 0.432. The molecule has 3 nitrogen and oxygen atoms in total. The highest BCUT2D eigenvalue weighted by molar-refractivity contribution is 6.45. The van der Waals surface area contributed by atoms with Gasteiger partial charge in [0.2, 0.25) is 5.79 Å². The zero-order chi connectivity index (χ0) is 8.65. The maximum atomic E-state index is 10.8. The first kappa shape index (κ1) is 9.10. The molecule has 1 aliphatic heterocycles. The van der Waals surface area contributed by atoms with Gasteiger partial charge in [0, 0.05) is 6.92 Å². The number of cyclic esters (lactones) is 1. The van der Waals surface area contributed by atoms with E-state index in [4.69, 9.17) is 32.7 Å². The third-order valence-electron chi connectivity index (χ3n) is 1.44. The summed E-state index contributed by atoms with van der Waals surface area (Å²) in [4.78, 5) is 9.97. The lowest BCUT2D eigenvalue weighted by Gasteiger charge is -2.22. The summed E-state index contributed by atoms with van der Waals surface area (Å²) in [7, 11) is 0. The number of carbonyl (C=O) groups is 1. The fraction of sp³-hybridized carbons (Fsp3) is 0.833. The summed E-state index contributed by atoms with van der Waals surface area (Å²) < 4.78 is 9.88. The molecule has 0 saturated carbocycles. The molecular weight excluding hydrogens is 191 g/mol. The normalized spacial score (nSPS) is 37.9. The third-order valence-corrected chi connectivity index (χ3v) is 2.24. The van der Waals surface area contributed by atoms with Crippen LogP contribution in [-0.4, -0.2) is 22.7 Å². The molecule has 64 valence electrons. The minimum atomic E-state index is -1.18. The van der Waals surface area contributed by atoms with Gasteiger partial charge in [0.1, 0.15) is 0 Å². The Kier molecular flexibility index (Phi) is 2.32. The van der Waals surface area contributed by atoms with Gasteiger partial charge in [-0.2, -0.15) is 0 Å². The second-order valence-corrected chi connectivity index (χ2v) is 3.59. The van der Waals surface area contributed by atoms with Gasteiger partial charge < -0.3 is 9.47 Å². The zero-order valence-corrected chi connectivity index (χ0v) is 7.65. The highest BCUT2D eigenvalue weighted by Gasteiger charge is 2.46. The molecule has 0 aromatic carbocycles. The molecule has 0 aromatic rings. The van der Waals surface area contributed by atoms with E-state index in [0.717, 1.165) is 0 Å². The molecule has 0 aliphatic carbocycles. The predicted octanol–water partition coefficient (Wildman–Crippen LogP) is 1.47. The third kappa shape index (κ3) is 1.60. The Balaban J connectivity index is 2.71. The molecule has 0 spiro atoms. The van der Waals surface area contributed by atoms with Gasteiger partial charge in [0.25, 0.3) is 0 Å². The number of halogens is 2. The van der Waals surface area contributed by atoms with Crippen molar-refractivity contribution in [3.8, 4) is 0 Å². The molecule has 1 aliphatic rings. The van der Waals surface area contributed by atoms with Crippen LogP contribution < -0.4 is 0 Å². The van der Waals surface area contributed by atoms with E-state index in [9.17, 15) is 4.79 Å². The van der Waals surface area contributed by atoms with E-state index in [0.29, 0.717) is 0 Å². The van der Waals surface area contributed by atoms with Crippen LogP contribution in [0.1, 0.15) is 13.8 Å². The molecule has 5 heteroatoms. The molecule has 0 N–H and O–H groups in total. The first-order valence-corrected chi connectivity index (χ1v) is 4.02. The summed E-state index contributed by atoms with van der Waals surface area (Å²) in [5.74, 6) is -1.61. The van der Waals surface area contributed by atoms with Crippen molar-refractivity contribution in [2.45, 2.75) is 30.6 Å². The lowest BCUT2D eigenvalue weighted by molar-refractivity contribution is -0.162. The second kappa shape index (κ2) is 2.81. The Labute approximate surface area is 74.6 Å². The van der Waals surface area contributed by atoms with Crippen molar-refractivity contribution >= 4 is 29.2 Å². The number of hydrogen-bond donors (Lipinski definition) is 0. The molecular formula is C6H8Cl2O3. The summed E-state index contributed by atoms with van der Waals surface area (Å²) in [6, 6.07) is 0. The average molecular weight is 199 g/mol. The van der Waals surface area contributed by atoms with E-state index in [1.54, 1.807) is 6.92 Å². The van der Waals surface area contributed by atoms with Crippen molar-refractivity contribution in [3.63, 3.8) is 0 Å². The quantitative estimate of drug-likeness (QED) is 0.473. The number of esters is 1. The van der Waals surface area contributed by atoms with Gasteiger partial charge in [0.05, 0.1) is 0 Å². The summed E-state index contributed by atoms with van der Waals surface area (Å²) >= 11 is 11.0. The van der Waals surface area contributed by atoms with Crippen LogP contribution in [-0.2, 0) is 14.3 Å². The maximum absolute atomic E-state index is 10.8. The van der Waals surface area contributed by atoms with Crippen LogP contribution in [0, 0.1) is 0 Å². The standard InChI is InChI=1S/C6H8Cl2O3/c1-3-4(9)11-6(2,10-3)5(7)8/h3,5H,1-2H3. The SMILES string of the molecule is CC1OC(C)(C(Cl)Cl)OC1=O. The van der Waals surface area contributed by atoms with Gasteiger partial charge in [-0.1, -0.05) is 23.2 Å². The predicted molar refractivity (Wildman–Crippen MR) is 40.5 cm³/mol. The van der Waals surface area contributed by atoms with E-state index in [1.807, 2.05) is 0 Å². The van der Waals surface area contributed by atoms with Crippen LogP contribution in [0.5, 0.6) is 0 Å². The van der Waals surface area contributed by atoms with Crippen LogP contribution in [0.2, 0.25) is 0 Å². The van der Waals surface area contributed by atoms with Gasteiger partial charge in [-0.25, -0.2) is 4.79 Å². The minimum Gasteiger partial charge on any atom is -0.428 e. The second-order valence-electron chi connectivity index (χ2n) is 2.50. The molecule has 1 saturated heterocycles. The Hall–Kier alpha value is 0.01000. The van der Waals surface area contributed by atoms with E-state index < -0.39 is 22.7 Å². The Morgan fingerprint density at radius 2 is 2.18 bits per heavy atom. The van der Waals surface area contributed by atoms with E-state index in [1.165, 1.54) is 6.92 Å². The van der Waals surface area contributed by atoms with Crippen LogP contribution in [0.25, 0.3) is 0 Å². The van der Waals surface area contributed by atoms with Gasteiger partial charge in [-0.05, 0) is 6.92 Å². The number of hydrogen-bond acceptors (Lipinski definition) is 3. The van der Waals surface area contributed by atoms with Gasteiger partial charge in [-0.3, -0.25) is 0 Å². The van der Waals surface area contributed by atoms with Crippen LogP contribution >= 0.6 is 23.2 Å². The fourth-order valence-electron chi connectivity index (χ4n) is 0.802. The van der Waals surface area contributed by atoms with Crippen LogP contribution in [0.15, 0.2) is 0 Å². The average Bonchev–Trinajstić information content (AvgIpc) is 2.09. The van der Waals surface area contributed by atoms with E-state index in [2.05, 4.69) is 0 Å². The zero-order valence-electron chi connectivity index (χ0n) is 6.14. The van der Waals surface area contributed by atoms with Crippen molar-refractivity contribution in [1.29, 1.82) is 0 Å². The number of rotatable bonds is 1. The molecule has 1 rings (SSSR count). The summed E-state index contributed by atoms with van der Waals surface area (Å²) in [5, 5.41) is 0. The lowest BCUT2D eigenvalue weighted by atomic mass is 10.4. The molecule has 2 unspecified atom stereocenters. The van der Waals surface area contributed by atoms with Crippen molar-refractivity contribution < 1.29 is 14.3 Å². The summed E-state index contributed by atoms with van der Waals surface area (Å²) in [6.45, 7) is 3.11. The van der Waals surface area contributed by atoms with Crippen molar-refractivity contribution in [1.82, 2.24) is 0 Å². The topological polar surface area (TPSA) is 35.5 Å². The summed E-state index contributed by atoms with van der Waals surface area (Å²) in [6.07, 6.45) is -0.583.